The molecule has 1 atom stereocenters. The average Bonchev–Trinajstić information content (AvgIpc) is 2.83. The normalized spacial score (nSPS) is 20.0. The second kappa shape index (κ2) is 5.04. The summed E-state index contributed by atoms with van der Waals surface area (Å²) in [4.78, 5) is 12.6. The second-order valence-corrected chi connectivity index (χ2v) is 9.41. The first kappa shape index (κ1) is 13.3. The lowest BCUT2D eigenvalue weighted by Crippen LogP contribution is -2.09. The standard InChI is InChI=1S/C14H11Br2NOS/c15-14(16)8-11(14)9-3-5-10(6-4-9)17-13(18)12-2-1-7-19-12/h1-7,11H,8H2,(H,17,18)/t11-/m1/s1. The van der Waals surface area contributed by atoms with Crippen LogP contribution >= 0.6 is 43.2 Å². The number of carbonyl (C=O) groups excluding carboxylic acids is 1. The molecule has 2 nitrogen and oxygen atoms in total. The number of thiophene rings is 1. The van der Waals surface area contributed by atoms with Gasteiger partial charge in [-0.2, -0.15) is 0 Å². The van der Waals surface area contributed by atoms with E-state index in [-0.39, 0.29) is 9.14 Å². The molecule has 0 unspecified atom stereocenters. The Morgan fingerprint density at radius 3 is 2.47 bits per heavy atom. The Bertz CT molecular complexity index is 592. The average molecular weight is 401 g/mol. The zero-order valence-electron chi connectivity index (χ0n) is 9.90. The molecule has 1 fully saturated rings. The first-order valence-corrected chi connectivity index (χ1v) is 8.35. The summed E-state index contributed by atoms with van der Waals surface area (Å²) in [5.41, 5.74) is 2.11. The summed E-state index contributed by atoms with van der Waals surface area (Å²) in [6.07, 6.45) is 1.09. The van der Waals surface area contributed by atoms with E-state index < -0.39 is 0 Å². The van der Waals surface area contributed by atoms with Crippen molar-refractivity contribution in [3.63, 3.8) is 0 Å². The van der Waals surface area contributed by atoms with Crippen molar-refractivity contribution in [1.29, 1.82) is 0 Å². The van der Waals surface area contributed by atoms with E-state index in [0.717, 1.165) is 17.0 Å². The van der Waals surface area contributed by atoms with Gasteiger partial charge in [0.2, 0.25) is 0 Å². The maximum atomic E-state index is 11.9. The van der Waals surface area contributed by atoms with Crippen LogP contribution in [0.25, 0.3) is 0 Å². The molecule has 1 aromatic carbocycles. The lowest BCUT2D eigenvalue weighted by atomic mass is 10.1. The van der Waals surface area contributed by atoms with Crippen molar-refractivity contribution in [2.75, 3.05) is 5.32 Å². The molecule has 1 aliphatic carbocycles. The van der Waals surface area contributed by atoms with Crippen LogP contribution in [0.4, 0.5) is 5.69 Å². The van der Waals surface area contributed by atoms with E-state index in [1.54, 1.807) is 0 Å². The van der Waals surface area contributed by atoms with E-state index in [0.29, 0.717) is 5.92 Å². The fraction of sp³-hybridized carbons (Fsp3) is 0.214. The van der Waals surface area contributed by atoms with Crippen LogP contribution in [0.5, 0.6) is 0 Å². The first-order chi connectivity index (χ1) is 9.06. The van der Waals surface area contributed by atoms with Gasteiger partial charge < -0.3 is 5.32 Å². The molecule has 0 bridgehead atoms. The number of alkyl halides is 2. The maximum Gasteiger partial charge on any atom is 0.265 e. The Labute approximate surface area is 132 Å². The number of benzene rings is 1. The molecule has 0 radical (unpaired) electrons. The third-order valence-electron chi connectivity index (χ3n) is 3.14. The van der Waals surface area contributed by atoms with Gasteiger partial charge in [0, 0.05) is 11.6 Å². The van der Waals surface area contributed by atoms with Crippen molar-refractivity contribution in [1.82, 2.24) is 0 Å². The molecule has 1 heterocycles. The summed E-state index contributed by atoms with van der Waals surface area (Å²) >= 11 is 8.69. The fourth-order valence-corrected chi connectivity index (χ4v) is 3.77. The van der Waals surface area contributed by atoms with Gasteiger partial charge in [0.1, 0.15) is 0 Å². The number of anilines is 1. The topological polar surface area (TPSA) is 29.1 Å². The van der Waals surface area contributed by atoms with Crippen LogP contribution in [0.2, 0.25) is 0 Å². The maximum absolute atomic E-state index is 11.9. The SMILES string of the molecule is O=C(Nc1ccc([C@H]2CC2(Br)Br)cc1)c1cccs1. The number of halogens is 2. The number of nitrogens with one attached hydrogen (secondary N) is 1. The quantitative estimate of drug-likeness (QED) is 0.723. The van der Waals surface area contributed by atoms with Crippen molar-refractivity contribution in [3.8, 4) is 0 Å². The predicted molar refractivity (Wildman–Crippen MR) is 86.7 cm³/mol. The Balaban J connectivity index is 1.68. The molecule has 5 heteroatoms. The van der Waals surface area contributed by atoms with Gasteiger partial charge in [0.15, 0.2) is 0 Å². The van der Waals surface area contributed by atoms with Crippen molar-refractivity contribution in [3.05, 3.63) is 52.2 Å². The summed E-state index contributed by atoms with van der Waals surface area (Å²) in [6.45, 7) is 0. The molecule has 1 saturated carbocycles. The van der Waals surface area contributed by atoms with E-state index in [1.807, 2.05) is 29.6 Å². The number of amides is 1. The molecule has 19 heavy (non-hydrogen) atoms. The highest BCUT2D eigenvalue weighted by Gasteiger charge is 2.50. The van der Waals surface area contributed by atoms with Crippen LogP contribution in [0.1, 0.15) is 27.6 Å². The van der Waals surface area contributed by atoms with Gasteiger partial charge in [0.25, 0.3) is 5.91 Å². The van der Waals surface area contributed by atoms with Gasteiger partial charge >= 0.3 is 0 Å². The first-order valence-electron chi connectivity index (χ1n) is 5.89. The minimum Gasteiger partial charge on any atom is -0.321 e. The largest absolute Gasteiger partial charge is 0.321 e. The molecule has 1 N–H and O–H groups in total. The Hall–Kier alpha value is -0.650. The summed E-state index contributed by atoms with van der Waals surface area (Å²) in [5.74, 6) is 0.457. The lowest BCUT2D eigenvalue weighted by molar-refractivity contribution is 0.103. The van der Waals surface area contributed by atoms with E-state index in [4.69, 9.17) is 0 Å². The molecule has 1 aromatic heterocycles. The molecular weight excluding hydrogens is 390 g/mol. The Kier molecular flexibility index (Phi) is 3.53. The number of rotatable bonds is 3. The molecule has 2 aromatic rings. The smallest absolute Gasteiger partial charge is 0.265 e. The highest BCUT2D eigenvalue weighted by molar-refractivity contribution is 9.25. The van der Waals surface area contributed by atoms with Gasteiger partial charge in [-0.15, -0.1) is 11.3 Å². The predicted octanol–water partition coefficient (Wildman–Crippen LogP) is 4.97. The zero-order valence-corrected chi connectivity index (χ0v) is 13.9. The summed E-state index contributed by atoms with van der Waals surface area (Å²) < 4.78 is 0.0712. The molecule has 1 aliphatic rings. The van der Waals surface area contributed by atoms with Gasteiger partial charge in [0.05, 0.1) is 8.11 Å². The number of hydrogen-bond acceptors (Lipinski definition) is 2. The van der Waals surface area contributed by atoms with E-state index in [9.17, 15) is 4.79 Å². The summed E-state index contributed by atoms with van der Waals surface area (Å²) in [5, 5.41) is 4.80. The number of carbonyl (C=O) groups is 1. The van der Waals surface area contributed by atoms with Crippen LogP contribution < -0.4 is 5.32 Å². The Morgan fingerprint density at radius 1 is 1.26 bits per heavy atom. The van der Waals surface area contributed by atoms with Crippen molar-refractivity contribution < 1.29 is 4.79 Å². The molecule has 98 valence electrons. The highest BCUT2D eigenvalue weighted by Crippen LogP contribution is 2.62. The molecule has 0 spiro atoms. The molecule has 0 aliphatic heterocycles. The third-order valence-corrected chi connectivity index (χ3v) is 5.76. The van der Waals surface area contributed by atoms with Gasteiger partial charge in [-0.3, -0.25) is 4.79 Å². The van der Waals surface area contributed by atoms with E-state index in [1.165, 1.54) is 16.9 Å². The molecular formula is C14H11Br2NOS. The molecule has 1 amide bonds. The van der Waals surface area contributed by atoms with Crippen LogP contribution in [-0.4, -0.2) is 9.14 Å². The van der Waals surface area contributed by atoms with Crippen molar-refractivity contribution in [2.24, 2.45) is 0 Å². The summed E-state index contributed by atoms with van der Waals surface area (Å²) in [6, 6.07) is 11.7. The van der Waals surface area contributed by atoms with Gasteiger partial charge in [-0.05, 0) is 35.6 Å². The van der Waals surface area contributed by atoms with Crippen LogP contribution in [0, 0.1) is 0 Å². The monoisotopic (exact) mass is 399 g/mol. The van der Waals surface area contributed by atoms with Crippen LogP contribution in [0.3, 0.4) is 0 Å². The lowest BCUT2D eigenvalue weighted by Gasteiger charge is -2.06. The van der Waals surface area contributed by atoms with Crippen molar-refractivity contribution >= 4 is 54.8 Å². The zero-order chi connectivity index (χ0) is 13.5. The Morgan fingerprint density at radius 2 is 1.95 bits per heavy atom. The molecule has 0 saturated heterocycles. The fourth-order valence-electron chi connectivity index (χ4n) is 1.97. The number of hydrogen-bond donors (Lipinski definition) is 1. The van der Waals surface area contributed by atoms with E-state index in [2.05, 4.69) is 49.3 Å². The second-order valence-electron chi connectivity index (χ2n) is 4.57. The highest BCUT2D eigenvalue weighted by atomic mass is 79.9. The minimum absolute atomic E-state index is 0.0514. The van der Waals surface area contributed by atoms with Gasteiger partial charge in [-0.25, -0.2) is 0 Å². The van der Waals surface area contributed by atoms with E-state index >= 15 is 0 Å². The van der Waals surface area contributed by atoms with Crippen molar-refractivity contribution in [2.45, 2.75) is 15.6 Å². The molecule has 3 rings (SSSR count). The van der Waals surface area contributed by atoms with Crippen LogP contribution in [0.15, 0.2) is 41.8 Å². The summed E-state index contributed by atoms with van der Waals surface area (Å²) in [7, 11) is 0. The minimum atomic E-state index is -0.0514. The van der Waals surface area contributed by atoms with Crippen LogP contribution in [-0.2, 0) is 0 Å². The van der Waals surface area contributed by atoms with Gasteiger partial charge in [-0.1, -0.05) is 50.1 Å². The third kappa shape index (κ3) is 2.93.